The van der Waals surface area contributed by atoms with E-state index >= 15 is 0 Å². The standard InChI is InChI=1S/C33H41NO5Si/c1-7-13-30(31(35)39-38-21-23-14-12-15-24(20-23)40(5,6)33(2,3)4)34-32(36)37-22-29-27-18-10-8-16-25(27)26-17-9-11-19-28(26)29/h8-12,14-20,29-30H,7,13,21-22H2,1-6H3,(H,34,36)/t30-/m0/s1. The molecule has 1 atom stereocenters. The van der Waals surface area contributed by atoms with Crippen molar-refractivity contribution >= 4 is 25.3 Å². The summed E-state index contributed by atoms with van der Waals surface area (Å²) in [4.78, 5) is 36.0. The molecule has 0 saturated heterocycles. The molecule has 0 aromatic heterocycles. The lowest BCUT2D eigenvalue weighted by Gasteiger charge is -2.37. The van der Waals surface area contributed by atoms with Gasteiger partial charge in [-0.05, 0) is 39.3 Å². The topological polar surface area (TPSA) is 73.9 Å². The Hall–Kier alpha value is -3.42. The molecule has 0 fully saturated rings. The van der Waals surface area contributed by atoms with Crippen LogP contribution in [0.15, 0.2) is 72.8 Å². The second-order valence-corrected chi connectivity index (χ2v) is 17.4. The molecule has 40 heavy (non-hydrogen) atoms. The normalized spacial score (nSPS) is 13.8. The maximum absolute atomic E-state index is 12.8. The molecule has 0 saturated carbocycles. The van der Waals surface area contributed by atoms with E-state index in [1.165, 1.54) is 5.19 Å². The van der Waals surface area contributed by atoms with Gasteiger partial charge in [0, 0.05) is 5.92 Å². The summed E-state index contributed by atoms with van der Waals surface area (Å²) in [6.45, 7) is 13.8. The Bertz CT molecular complexity index is 1300. The first-order valence-electron chi connectivity index (χ1n) is 14.1. The first-order valence-corrected chi connectivity index (χ1v) is 17.1. The van der Waals surface area contributed by atoms with Crippen LogP contribution in [0.2, 0.25) is 18.1 Å². The van der Waals surface area contributed by atoms with Crippen molar-refractivity contribution in [3.05, 3.63) is 89.5 Å². The van der Waals surface area contributed by atoms with Crippen molar-refractivity contribution in [1.82, 2.24) is 5.32 Å². The van der Waals surface area contributed by atoms with Crippen molar-refractivity contribution in [3.8, 4) is 11.1 Å². The molecule has 1 amide bonds. The summed E-state index contributed by atoms with van der Waals surface area (Å²) in [5.74, 6) is -0.698. The van der Waals surface area contributed by atoms with Crippen LogP contribution in [0.5, 0.6) is 0 Å². The number of alkyl carbamates (subject to hydrolysis) is 1. The summed E-state index contributed by atoms with van der Waals surface area (Å²) in [5.41, 5.74) is 5.52. The zero-order valence-electron chi connectivity index (χ0n) is 24.5. The fraction of sp³-hybridized carbons (Fsp3) is 0.394. The quantitative estimate of drug-likeness (QED) is 0.163. The van der Waals surface area contributed by atoms with E-state index in [0.29, 0.717) is 12.8 Å². The molecule has 0 heterocycles. The highest BCUT2D eigenvalue weighted by Crippen LogP contribution is 2.44. The molecular formula is C33H41NO5Si. The van der Waals surface area contributed by atoms with Crippen LogP contribution in [0.4, 0.5) is 4.79 Å². The van der Waals surface area contributed by atoms with E-state index < -0.39 is 26.2 Å². The number of amides is 1. The van der Waals surface area contributed by atoms with Crippen LogP contribution >= 0.6 is 0 Å². The summed E-state index contributed by atoms with van der Waals surface area (Å²) >= 11 is 0. The molecular weight excluding hydrogens is 518 g/mol. The monoisotopic (exact) mass is 559 g/mol. The lowest BCUT2D eigenvalue weighted by Crippen LogP contribution is -2.49. The van der Waals surface area contributed by atoms with Gasteiger partial charge in [0.1, 0.15) is 19.3 Å². The van der Waals surface area contributed by atoms with Crippen molar-refractivity contribution in [2.24, 2.45) is 0 Å². The highest BCUT2D eigenvalue weighted by molar-refractivity contribution is 6.92. The van der Waals surface area contributed by atoms with E-state index in [2.05, 4.69) is 75.6 Å². The number of hydrogen-bond donors (Lipinski definition) is 1. The van der Waals surface area contributed by atoms with E-state index in [1.807, 2.05) is 43.3 Å². The minimum Gasteiger partial charge on any atom is -0.449 e. The van der Waals surface area contributed by atoms with E-state index in [9.17, 15) is 9.59 Å². The summed E-state index contributed by atoms with van der Waals surface area (Å²) in [6.07, 6.45) is 0.435. The fourth-order valence-electron chi connectivity index (χ4n) is 5.02. The molecule has 4 rings (SSSR count). The Morgan fingerprint density at radius 1 is 0.925 bits per heavy atom. The molecule has 3 aromatic carbocycles. The van der Waals surface area contributed by atoms with Crippen LogP contribution in [0, 0.1) is 0 Å². The number of benzene rings is 3. The maximum Gasteiger partial charge on any atom is 0.407 e. The lowest BCUT2D eigenvalue weighted by molar-refractivity contribution is -0.281. The zero-order chi connectivity index (χ0) is 28.9. The smallest absolute Gasteiger partial charge is 0.407 e. The van der Waals surface area contributed by atoms with Crippen molar-refractivity contribution < 1.29 is 24.1 Å². The molecule has 212 valence electrons. The predicted molar refractivity (Wildman–Crippen MR) is 161 cm³/mol. The van der Waals surface area contributed by atoms with Gasteiger partial charge in [0.15, 0.2) is 0 Å². The highest BCUT2D eigenvalue weighted by Gasteiger charge is 2.36. The van der Waals surface area contributed by atoms with Crippen molar-refractivity contribution in [1.29, 1.82) is 0 Å². The summed E-state index contributed by atoms with van der Waals surface area (Å²) < 4.78 is 5.62. The van der Waals surface area contributed by atoms with E-state index in [1.54, 1.807) is 0 Å². The largest absolute Gasteiger partial charge is 0.449 e. The Morgan fingerprint density at radius 2 is 1.55 bits per heavy atom. The van der Waals surface area contributed by atoms with E-state index in [-0.39, 0.29) is 24.2 Å². The maximum atomic E-state index is 12.8. The highest BCUT2D eigenvalue weighted by atomic mass is 28.3. The average Bonchev–Trinajstić information content (AvgIpc) is 3.25. The van der Waals surface area contributed by atoms with Gasteiger partial charge in [0.2, 0.25) is 0 Å². The molecule has 1 aliphatic carbocycles. The van der Waals surface area contributed by atoms with E-state index in [4.69, 9.17) is 14.5 Å². The average molecular weight is 560 g/mol. The number of carbonyl (C=O) groups excluding carboxylic acids is 2. The molecule has 3 aromatic rings. The van der Waals surface area contributed by atoms with Crippen LogP contribution in [0.3, 0.4) is 0 Å². The predicted octanol–water partition coefficient (Wildman–Crippen LogP) is 7.08. The minimum atomic E-state index is -1.70. The summed E-state index contributed by atoms with van der Waals surface area (Å²) in [6, 6.07) is 23.8. The number of rotatable bonds is 10. The first-order chi connectivity index (χ1) is 19.0. The van der Waals surface area contributed by atoms with Crippen molar-refractivity contribution in [2.75, 3.05) is 6.61 Å². The van der Waals surface area contributed by atoms with Crippen molar-refractivity contribution in [3.63, 3.8) is 0 Å². The Balaban J connectivity index is 1.32. The summed E-state index contributed by atoms with van der Waals surface area (Å²) in [5, 5.41) is 4.21. The lowest BCUT2D eigenvalue weighted by atomic mass is 9.98. The van der Waals surface area contributed by atoms with Gasteiger partial charge in [0.05, 0.1) is 8.07 Å². The minimum absolute atomic E-state index is 0.0554. The van der Waals surface area contributed by atoms with E-state index in [0.717, 1.165) is 27.8 Å². The Kier molecular flexibility index (Phi) is 9.16. The van der Waals surface area contributed by atoms with Gasteiger partial charge in [-0.1, -0.05) is 125 Å². The molecule has 6 nitrogen and oxygen atoms in total. The first kappa shape index (κ1) is 29.6. The van der Waals surface area contributed by atoms with Gasteiger partial charge in [-0.15, -0.1) is 0 Å². The van der Waals surface area contributed by atoms with Crippen LogP contribution in [0.25, 0.3) is 11.1 Å². The summed E-state index contributed by atoms with van der Waals surface area (Å²) in [7, 11) is -1.70. The third-order valence-electron chi connectivity index (χ3n) is 8.39. The molecule has 0 bridgehead atoms. The van der Waals surface area contributed by atoms with Gasteiger partial charge < -0.3 is 10.1 Å². The Morgan fingerprint density at radius 3 is 2.15 bits per heavy atom. The van der Waals surface area contributed by atoms with Crippen LogP contribution in [-0.4, -0.2) is 32.8 Å². The second-order valence-electron chi connectivity index (χ2n) is 12.1. The number of carbonyl (C=O) groups is 2. The van der Waals surface area contributed by atoms with Gasteiger partial charge in [-0.2, -0.15) is 4.89 Å². The van der Waals surface area contributed by atoms with Crippen LogP contribution in [0.1, 0.15) is 63.1 Å². The van der Waals surface area contributed by atoms with Crippen molar-refractivity contribution in [2.45, 2.75) is 77.2 Å². The van der Waals surface area contributed by atoms with Gasteiger partial charge in [-0.25, -0.2) is 9.59 Å². The number of nitrogens with one attached hydrogen (secondary N) is 1. The van der Waals surface area contributed by atoms with Gasteiger partial charge >= 0.3 is 12.1 Å². The molecule has 1 N–H and O–H groups in total. The molecule has 0 unspecified atom stereocenters. The number of hydrogen-bond acceptors (Lipinski definition) is 5. The molecule has 0 radical (unpaired) electrons. The third kappa shape index (κ3) is 6.48. The number of fused-ring (bicyclic) bond motifs is 3. The SMILES string of the molecule is CCC[C@H](NC(=O)OCC1c2ccccc2-c2ccccc21)C(=O)OOCc1cccc([Si](C)(C)C(C)(C)C)c1. The van der Waals surface area contributed by atoms with Crippen LogP contribution < -0.4 is 10.5 Å². The second kappa shape index (κ2) is 12.4. The third-order valence-corrected chi connectivity index (χ3v) is 13.9. The van der Waals surface area contributed by atoms with Crippen LogP contribution in [-0.2, 0) is 25.9 Å². The van der Waals surface area contributed by atoms with Gasteiger partial charge in [-0.3, -0.25) is 4.89 Å². The fourth-order valence-corrected chi connectivity index (χ4v) is 6.94. The molecule has 0 spiro atoms. The molecule has 1 aliphatic rings. The number of ether oxygens (including phenoxy) is 1. The Labute approximate surface area is 239 Å². The van der Waals surface area contributed by atoms with Gasteiger partial charge in [0.25, 0.3) is 0 Å². The molecule has 0 aliphatic heterocycles. The zero-order valence-corrected chi connectivity index (χ0v) is 25.5. The molecule has 7 heteroatoms.